The lowest BCUT2D eigenvalue weighted by Crippen LogP contribution is -2.44. The van der Waals surface area contributed by atoms with Crippen molar-refractivity contribution in [3.05, 3.63) is 35.7 Å². The minimum Gasteiger partial charge on any atom is -0.375 e. The zero-order valence-corrected chi connectivity index (χ0v) is 14.8. The molecule has 1 fully saturated rings. The molecular formula is C17H24N6O2. The van der Waals surface area contributed by atoms with Crippen LogP contribution in [0.1, 0.15) is 18.3 Å². The van der Waals surface area contributed by atoms with Gasteiger partial charge in [-0.05, 0) is 49.0 Å². The lowest BCUT2D eigenvalue weighted by atomic mass is 10.1. The van der Waals surface area contributed by atoms with E-state index < -0.39 is 0 Å². The molecule has 1 saturated heterocycles. The molecule has 0 radical (unpaired) electrons. The van der Waals surface area contributed by atoms with Gasteiger partial charge in [-0.15, -0.1) is 5.10 Å². The number of hydrogen-bond acceptors (Lipinski definition) is 6. The van der Waals surface area contributed by atoms with Crippen molar-refractivity contribution in [3.8, 4) is 5.69 Å². The smallest absolute Gasteiger partial charge is 0.224 e. The summed E-state index contributed by atoms with van der Waals surface area (Å²) >= 11 is 0. The van der Waals surface area contributed by atoms with E-state index in [-0.39, 0.29) is 18.1 Å². The second-order valence-corrected chi connectivity index (χ2v) is 6.37. The summed E-state index contributed by atoms with van der Waals surface area (Å²) in [5.74, 6) is 0.731. The highest BCUT2D eigenvalue weighted by Crippen LogP contribution is 2.13. The molecule has 1 aliphatic heterocycles. The number of tetrazole rings is 1. The summed E-state index contributed by atoms with van der Waals surface area (Å²) < 4.78 is 7.38. The van der Waals surface area contributed by atoms with Crippen LogP contribution >= 0.6 is 0 Å². The summed E-state index contributed by atoms with van der Waals surface area (Å²) in [6.45, 7) is 6.13. The lowest BCUT2D eigenvalue weighted by molar-refractivity contribution is -0.121. The predicted molar refractivity (Wildman–Crippen MR) is 92.4 cm³/mol. The number of hydrogen-bond donors (Lipinski definition) is 1. The summed E-state index contributed by atoms with van der Waals surface area (Å²) in [6.07, 6.45) is 0.401. The highest BCUT2D eigenvalue weighted by molar-refractivity contribution is 5.79. The molecular weight excluding hydrogens is 320 g/mol. The van der Waals surface area contributed by atoms with Gasteiger partial charge < -0.3 is 15.0 Å². The number of likely N-dealkylation sites (tertiary alicyclic amines) is 1. The van der Waals surface area contributed by atoms with Crippen LogP contribution in [0.15, 0.2) is 24.3 Å². The Hall–Kier alpha value is -2.32. The first kappa shape index (κ1) is 17.5. The van der Waals surface area contributed by atoms with Gasteiger partial charge in [0.15, 0.2) is 5.82 Å². The van der Waals surface area contributed by atoms with Crippen molar-refractivity contribution in [1.29, 1.82) is 0 Å². The molecule has 1 N–H and O–H groups in total. The number of aryl methyl sites for hydroxylation is 1. The average Bonchev–Trinajstić information content (AvgIpc) is 3.14. The largest absolute Gasteiger partial charge is 0.375 e. The third-order valence-corrected chi connectivity index (χ3v) is 4.35. The topological polar surface area (TPSA) is 85.2 Å². The summed E-state index contributed by atoms with van der Waals surface area (Å²) in [5, 5.41) is 14.5. The van der Waals surface area contributed by atoms with E-state index in [1.54, 1.807) is 4.68 Å². The van der Waals surface area contributed by atoms with Crippen molar-refractivity contribution in [3.63, 3.8) is 0 Å². The highest BCUT2D eigenvalue weighted by atomic mass is 16.5. The van der Waals surface area contributed by atoms with Gasteiger partial charge >= 0.3 is 0 Å². The van der Waals surface area contributed by atoms with Gasteiger partial charge in [0.25, 0.3) is 0 Å². The number of nitrogens with zero attached hydrogens (tertiary/aromatic N) is 5. The highest BCUT2D eigenvalue weighted by Gasteiger charge is 2.32. The molecule has 25 heavy (non-hydrogen) atoms. The maximum atomic E-state index is 12.4. The molecule has 3 rings (SSSR count). The Labute approximate surface area is 147 Å². The average molecular weight is 344 g/mol. The Morgan fingerprint density at radius 2 is 2.08 bits per heavy atom. The molecule has 1 amide bonds. The summed E-state index contributed by atoms with van der Waals surface area (Å²) in [5.41, 5.74) is 1.83. The van der Waals surface area contributed by atoms with Crippen LogP contribution in [0, 0.1) is 6.92 Å². The molecule has 8 heteroatoms. The number of ether oxygens (including phenoxy) is 1. The molecule has 0 spiro atoms. The number of benzene rings is 1. The first-order valence-electron chi connectivity index (χ1n) is 8.50. The fourth-order valence-corrected chi connectivity index (χ4v) is 3.15. The fourth-order valence-electron chi connectivity index (χ4n) is 3.15. The number of rotatable bonds is 6. The Bertz CT molecular complexity index is 714. The van der Waals surface area contributed by atoms with Crippen LogP contribution in [-0.4, -0.2) is 69.9 Å². The van der Waals surface area contributed by atoms with Gasteiger partial charge in [-0.2, -0.15) is 4.68 Å². The maximum Gasteiger partial charge on any atom is 0.224 e. The molecule has 1 aliphatic rings. The van der Waals surface area contributed by atoms with Crippen LogP contribution in [0.4, 0.5) is 0 Å². The van der Waals surface area contributed by atoms with E-state index in [4.69, 9.17) is 4.74 Å². The van der Waals surface area contributed by atoms with E-state index in [9.17, 15) is 4.79 Å². The third-order valence-electron chi connectivity index (χ3n) is 4.35. The summed E-state index contributed by atoms with van der Waals surface area (Å²) in [7, 11) is 2.04. The standard InChI is InChI=1S/C17H24N6O2/c1-4-25-16-11-22(3)10-15(16)18-17(24)9-13-5-7-14(8-6-13)23-12(2)19-20-21-23/h5-8,15-16H,4,9-11H2,1-3H3,(H,18,24)/t15-,16-/m1/s1. The van der Waals surface area contributed by atoms with Gasteiger partial charge in [0, 0.05) is 19.7 Å². The molecule has 2 aromatic rings. The van der Waals surface area contributed by atoms with Crippen LogP contribution in [0.2, 0.25) is 0 Å². The van der Waals surface area contributed by atoms with Crippen LogP contribution in [0.25, 0.3) is 5.69 Å². The van der Waals surface area contributed by atoms with Crippen molar-refractivity contribution in [2.24, 2.45) is 0 Å². The number of carbonyl (C=O) groups is 1. The molecule has 1 aromatic carbocycles. The van der Waals surface area contributed by atoms with E-state index in [1.807, 2.05) is 45.2 Å². The van der Waals surface area contributed by atoms with Crippen LogP contribution in [-0.2, 0) is 16.0 Å². The number of nitrogens with one attached hydrogen (secondary N) is 1. The Kier molecular flexibility index (Phi) is 5.40. The minimum atomic E-state index is 0.0105. The predicted octanol–water partition coefficient (Wildman–Crippen LogP) is 0.349. The molecule has 2 heterocycles. The van der Waals surface area contributed by atoms with E-state index in [0.717, 1.165) is 30.2 Å². The normalized spacial score (nSPS) is 20.8. The zero-order valence-electron chi connectivity index (χ0n) is 14.8. The van der Waals surface area contributed by atoms with Gasteiger partial charge in [0.05, 0.1) is 24.3 Å². The van der Waals surface area contributed by atoms with Crippen molar-refractivity contribution >= 4 is 5.91 Å². The van der Waals surface area contributed by atoms with Gasteiger partial charge in [0.2, 0.25) is 5.91 Å². The van der Waals surface area contributed by atoms with Crippen LogP contribution in [0.3, 0.4) is 0 Å². The van der Waals surface area contributed by atoms with Crippen molar-refractivity contribution < 1.29 is 9.53 Å². The lowest BCUT2D eigenvalue weighted by Gasteiger charge is -2.19. The quantitative estimate of drug-likeness (QED) is 0.814. The number of carbonyl (C=O) groups excluding carboxylic acids is 1. The van der Waals surface area contributed by atoms with Crippen molar-refractivity contribution in [2.45, 2.75) is 32.4 Å². The fraction of sp³-hybridized carbons (Fsp3) is 0.529. The van der Waals surface area contributed by atoms with E-state index in [1.165, 1.54) is 0 Å². The second kappa shape index (κ2) is 7.71. The molecule has 134 valence electrons. The minimum absolute atomic E-state index is 0.0105. The van der Waals surface area contributed by atoms with Crippen molar-refractivity contribution in [1.82, 2.24) is 30.4 Å². The monoisotopic (exact) mass is 344 g/mol. The Morgan fingerprint density at radius 3 is 2.72 bits per heavy atom. The number of likely N-dealkylation sites (N-methyl/N-ethyl adjacent to an activating group) is 1. The molecule has 0 saturated carbocycles. The summed E-state index contributed by atoms with van der Waals surface area (Å²) in [6, 6.07) is 7.73. The number of amides is 1. The summed E-state index contributed by atoms with van der Waals surface area (Å²) in [4.78, 5) is 14.5. The van der Waals surface area contributed by atoms with Gasteiger partial charge in [0.1, 0.15) is 0 Å². The third kappa shape index (κ3) is 4.21. The molecule has 2 atom stereocenters. The van der Waals surface area contributed by atoms with Crippen LogP contribution in [0.5, 0.6) is 0 Å². The zero-order chi connectivity index (χ0) is 17.8. The Morgan fingerprint density at radius 1 is 1.32 bits per heavy atom. The van der Waals surface area contributed by atoms with E-state index in [2.05, 4.69) is 25.7 Å². The maximum absolute atomic E-state index is 12.4. The van der Waals surface area contributed by atoms with Crippen LogP contribution < -0.4 is 5.32 Å². The molecule has 0 aliphatic carbocycles. The molecule has 0 bridgehead atoms. The van der Waals surface area contributed by atoms with E-state index in [0.29, 0.717) is 13.0 Å². The van der Waals surface area contributed by atoms with Crippen molar-refractivity contribution in [2.75, 3.05) is 26.7 Å². The van der Waals surface area contributed by atoms with E-state index >= 15 is 0 Å². The molecule has 0 unspecified atom stereocenters. The number of aromatic nitrogens is 4. The molecule has 1 aromatic heterocycles. The first-order chi connectivity index (χ1) is 12.1. The Balaban J connectivity index is 1.58. The first-order valence-corrected chi connectivity index (χ1v) is 8.50. The van der Waals surface area contributed by atoms with Gasteiger partial charge in [-0.1, -0.05) is 12.1 Å². The molecule has 8 nitrogen and oxygen atoms in total. The van der Waals surface area contributed by atoms with Gasteiger partial charge in [-0.3, -0.25) is 4.79 Å². The van der Waals surface area contributed by atoms with Gasteiger partial charge in [-0.25, -0.2) is 0 Å². The SMILES string of the molecule is CCO[C@@H]1CN(C)C[C@H]1NC(=O)Cc1ccc(-n2nnnc2C)cc1. The second-order valence-electron chi connectivity index (χ2n) is 6.37.